The lowest BCUT2D eigenvalue weighted by atomic mass is 10.3. The summed E-state index contributed by atoms with van der Waals surface area (Å²) in [6.07, 6.45) is 0. The highest BCUT2D eigenvalue weighted by molar-refractivity contribution is 7.92. The van der Waals surface area contributed by atoms with Gasteiger partial charge in [-0.25, -0.2) is 8.42 Å². The summed E-state index contributed by atoms with van der Waals surface area (Å²) >= 11 is 0. The van der Waals surface area contributed by atoms with Crippen molar-refractivity contribution in [2.24, 2.45) is 0 Å². The van der Waals surface area contributed by atoms with Gasteiger partial charge in [0.1, 0.15) is 0 Å². The Hall–Kier alpha value is -2.42. The van der Waals surface area contributed by atoms with Gasteiger partial charge in [-0.3, -0.25) is 14.0 Å². The molecule has 8 heteroatoms. The van der Waals surface area contributed by atoms with Crippen molar-refractivity contribution in [2.45, 2.75) is 11.8 Å². The lowest BCUT2D eigenvalue weighted by Gasteiger charge is -2.30. The molecule has 0 aliphatic carbocycles. The SMILES string of the molecule is CC(=O)Nc1ccc(S(=O)(=O)N(CCN2CCOCC2)c2ccccc2)cc1. The normalized spacial score (nSPS) is 15.2. The Balaban J connectivity index is 1.84. The van der Waals surface area contributed by atoms with Crippen molar-refractivity contribution >= 4 is 27.3 Å². The van der Waals surface area contributed by atoms with Crippen LogP contribution in [0.2, 0.25) is 0 Å². The molecule has 1 aliphatic heterocycles. The van der Waals surface area contributed by atoms with Crippen LogP contribution < -0.4 is 9.62 Å². The third-order valence-electron chi connectivity index (χ3n) is 4.53. The molecule has 28 heavy (non-hydrogen) atoms. The first-order valence-corrected chi connectivity index (χ1v) is 10.7. The van der Waals surface area contributed by atoms with E-state index in [1.165, 1.54) is 23.4 Å². The van der Waals surface area contributed by atoms with Crippen molar-refractivity contribution in [3.05, 3.63) is 54.6 Å². The Morgan fingerprint density at radius 2 is 1.71 bits per heavy atom. The van der Waals surface area contributed by atoms with Crippen LogP contribution in [0.3, 0.4) is 0 Å². The van der Waals surface area contributed by atoms with E-state index in [0.717, 1.165) is 13.1 Å². The predicted octanol–water partition coefficient (Wildman–Crippen LogP) is 2.17. The van der Waals surface area contributed by atoms with Crippen LogP contribution in [0.15, 0.2) is 59.5 Å². The van der Waals surface area contributed by atoms with E-state index < -0.39 is 10.0 Å². The van der Waals surface area contributed by atoms with Crippen LogP contribution in [0.25, 0.3) is 0 Å². The van der Waals surface area contributed by atoms with Crippen LogP contribution in [0, 0.1) is 0 Å². The number of sulfonamides is 1. The number of nitrogens with zero attached hydrogens (tertiary/aromatic N) is 2. The van der Waals surface area contributed by atoms with Crippen molar-refractivity contribution in [3.63, 3.8) is 0 Å². The first-order chi connectivity index (χ1) is 13.5. The smallest absolute Gasteiger partial charge is 0.264 e. The maximum Gasteiger partial charge on any atom is 0.264 e. The van der Waals surface area contributed by atoms with Crippen molar-refractivity contribution in [3.8, 4) is 0 Å². The Morgan fingerprint density at radius 1 is 1.07 bits per heavy atom. The Morgan fingerprint density at radius 3 is 2.32 bits per heavy atom. The molecule has 2 aromatic carbocycles. The fourth-order valence-electron chi connectivity index (χ4n) is 3.08. The number of carbonyl (C=O) groups excluding carboxylic acids is 1. The van der Waals surface area contributed by atoms with Crippen LogP contribution >= 0.6 is 0 Å². The Labute approximate surface area is 166 Å². The summed E-state index contributed by atoms with van der Waals surface area (Å²) in [5.41, 5.74) is 1.19. The highest BCUT2D eigenvalue weighted by atomic mass is 32.2. The minimum Gasteiger partial charge on any atom is -0.379 e. The minimum absolute atomic E-state index is 0.187. The summed E-state index contributed by atoms with van der Waals surface area (Å²) in [7, 11) is -3.74. The zero-order chi connectivity index (χ0) is 20.0. The molecule has 1 heterocycles. The van der Waals surface area contributed by atoms with Crippen molar-refractivity contribution < 1.29 is 17.9 Å². The van der Waals surface area contributed by atoms with Gasteiger partial charge < -0.3 is 10.1 Å². The molecule has 1 saturated heterocycles. The summed E-state index contributed by atoms with van der Waals surface area (Å²) < 4.78 is 33.5. The number of morpholine rings is 1. The lowest BCUT2D eigenvalue weighted by Crippen LogP contribution is -2.43. The van der Waals surface area contributed by atoms with E-state index in [1.54, 1.807) is 24.3 Å². The number of benzene rings is 2. The highest BCUT2D eigenvalue weighted by Gasteiger charge is 2.25. The summed E-state index contributed by atoms with van der Waals surface area (Å²) in [4.78, 5) is 13.6. The van der Waals surface area contributed by atoms with E-state index >= 15 is 0 Å². The van der Waals surface area contributed by atoms with Gasteiger partial charge in [-0.2, -0.15) is 0 Å². The lowest BCUT2D eigenvalue weighted by molar-refractivity contribution is -0.114. The predicted molar refractivity (Wildman–Crippen MR) is 109 cm³/mol. The number of anilines is 2. The molecule has 1 aliphatic rings. The van der Waals surface area contributed by atoms with Crippen molar-refractivity contribution in [2.75, 3.05) is 49.0 Å². The summed E-state index contributed by atoms with van der Waals surface area (Å²) in [5.74, 6) is -0.202. The quantitative estimate of drug-likeness (QED) is 0.767. The van der Waals surface area contributed by atoms with Crippen molar-refractivity contribution in [1.29, 1.82) is 0 Å². The van der Waals surface area contributed by atoms with Gasteiger partial charge in [0, 0.05) is 38.8 Å². The number of nitrogens with one attached hydrogen (secondary N) is 1. The topological polar surface area (TPSA) is 79.0 Å². The summed E-state index contributed by atoms with van der Waals surface area (Å²) in [5, 5.41) is 2.65. The monoisotopic (exact) mass is 403 g/mol. The van der Waals surface area contributed by atoms with E-state index in [0.29, 0.717) is 37.7 Å². The number of rotatable bonds is 7. The molecule has 3 rings (SSSR count). The van der Waals surface area contributed by atoms with Crippen LogP contribution in [-0.4, -0.2) is 58.6 Å². The third-order valence-corrected chi connectivity index (χ3v) is 6.37. The molecule has 0 aromatic heterocycles. The molecule has 7 nitrogen and oxygen atoms in total. The van der Waals surface area contributed by atoms with Crippen LogP contribution in [0.5, 0.6) is 0 Å². The molecule has 0 radical (unpaired) electrons. The summed E-state index contributed by atoms with van der Waals surface area (Å²) in [6, 6.07) is 15.3. The zero-order valence-corrected chi connectivity index (χ0v) is 16.7. The van der Waals surface area contributed by atoms with E-state index in [9.17, 15) is 13.2 Å². The number of carbonyl (C=O) groups is 1. The largest absolute Gasteiger partial charge is 0.379 e. The van der Waals surface area contributed by atoms with E-state index in [2.05, 4.69) is 10.2 Å². The average molecular weight is 404 g/mol. The molecule has 0 saturated carbocycles. The maximum absolute atomic E-state index is 13.3. The average Bonchev–Trinajstić information content (AvgIpc) is 2.69. The van der Waals surface area contributed by atoms with E-state index in [1.807, 2.05) is 18.2 Å². The maximum atomic E-state index is 13.3. The molecule has 0 unspecified atom stereocenters. The number of amides is 1. The highest BCUT2D eigenvalue weighted by Crippen LogP contribution is 2.24. The van der Waals surface area contributed by atoms with Crippen LogP contribution in [0.1, 0.15) is 6.92 Å². The second kappa shape index (κ2) is 9.18. The fraction of sp³-hybridized carbons (Fsp3) is 0.350. The zero-order valence-electron chi connectivity index (χ0n) is 15.9. The number of ether oxygens (including phenoxy) is 1. The van der Waals surface area contributed by atoms with Gasteiger partial charge in [0.2, 0.25) is 5.91 Å². The number of para-hydroxylation sites is 1. The van der Waals surface area contributed by atoms with Gasteiger partial charge in [0.05, 0.1) is 23.8 Å². The third kappa shape index (κ3) is 5.09. The Kier molecular flexibility index (Phi) is 6.66. The molecule has 0 spiro atoms. The van der Waals surface area contributed by atoms with Gasteiger partial charge in [0.25, 0.3) is 10.0 Å². The second-order valence-electron chi connectivity index (χ2n) is 6.57. The minimum atomic E-state index is -3.74. The number of hydrogen-bond donors (Lipinski definition) is 1. The van der Waals surface area contributed by atoms with Gasteiger partial charge in [-0.15, -0.1) is 0 Å². The van der Waals surface area contributed by atoms with Gasteiger partial charge in [-0.1, -0.05) is 18.2 Å². The molecule has 0 atom stereocenters. The van der Waals surface area contributed by atoms with Gasteiger partial charge in [0.15, 0.2) is 0 Å². The molecule has 0 bridgehead atoms. The molecule has 150 valence electrons. The van der Waals surface area contributed by atoms with Gasteiger partial charge >= 0.3 is 0 Å². The molecule has 1 N–H and O–H groups in total. The summed E-state index contributed by atoms with van der Waals surface area (Å²) in [6.45, 7) is 5.32. The molecule has 2 aromatic rings. The first kappa shape index (κ1) is 20.3. The van der Waals surface area contributed by atoms with E-state index in [4.69, 9.17) is 4.74 Å². The fourth-order valence-corrected chi connectivity index (χ4v) is 4.54. The molecular weight excluding hydrogens is 378 g/mol. The second-order valence-corrected chi connectivity index (χ2v) is 8.43. The molecule has 1 amide bonds. The van der Waals surface area contributed by atoms with Crippen molar-refractivity contribution in [1.82, 2.24) is 4.90 Å². The van der Waals surface area contributed by atoms with Crippen LogP contribution in [0.4, 0.5) is 11.4 Å². The van der Waals surface area contributed by atoms with E-state index in [-0.39, 0.29) is 10.8 Å². The standard InChI is InChI=1S/C20H25N3O4S/c1-17(24)21-18-7-9-20(10-8-18)28(25,26)23(19-5-3-2-4-6-19)12-11-22-13-15-27-16-14-22/h2-10H,11-16H2,1H3,(H,21,24). The Bertz CT molecular complexity index is 879. The molecule has 1 fully saturated rings. The van der Waals surface area contributed by atoms with Gasteiger partial charge in [-0.05, 0) is 36.4 Å². The molecular formula is C20H25N3O4S. The van der Waals surface area contributed by atoms with Crippen LogP contribution in [-0.2, 0) is 19.6 Å². The number of hydrogen-bond acceptors (Lipinski definition) is 5. The first-order valence-electron chi connectivity index (χ1n) is 9.22.